The first-order valence-corrected chi connectivity index (χ1v) is 8.49. The smallest absolute Gasteiger partial charge is 0.233 e. The van der Waals surface area contributed by atoms with Gasteiger partial charge in [0.05, 0.1) is 5.75 Å². The highest BCUT2D eigenvalue weighted by atomic mass is 32.2. The second kappa shape index (κ2) is 6.66. The molecule has 1 amide bonds. The van der Waals surface area contributed by atoms with Gasteiger partial charge in [0, 0.05) is 17.0 Å². The van der Waals surface area contributed by atoms with Crippen molar-refractivity contribution in [3.8, 4) is 0 Å². The first-order chi connectivity index (χ1) is 9.49. The molecule has 20 heavy (non-hydrogen) atoms. The molecule has 0 spiro atoms. The fourth-order valence-corrected chi connectivity index (χ4v) is 3.97. The molecule has 1 aliphatic rings. The van der Waals surface area contributed by atoms with E-state index in [-0.39, 0.29) is 5.91 Å². The van der Waals surface area contributed by atoms with Gasteiger partial charge in [0.15, 0.2) is 0 Å². The lowest BCUT2D eigenvalue weighted by Gasteiger charge is -2.39. The summed E-state index contributed by atoms with van der Waals surface area (Å²) in [5.74, 6) is 0.841. The average Bonchev–Trinajstić information content (AvgIpc) is 2.37. The summed E-state index contributed by atoms with van der Waals surface area (Å²) in [6, 6.07) is 7.22. The number of hydrogen-bond acceptors (Lipinski definition) is 2. The molecule has 0 N–H and O–H groups in total. The van der Waals surface area contributed by atoms with Crippen molar-refractivity contribution in [2.45, 2.75) is 63.9 Å². The van der Waals surface area contributed by atoms with Crippen LogP contribution in [0.1, 0.15) is 44.2 Å². The minimum absolute atomic E-state index is 0.287. The van der Waals surface area contributed by atoms with Crippen LogP contribution >= 0.6 is 11.8 Å². The SMILES string of the molecule is Cc1ccc(SCC(=O)N2C(C)CCCC2C)c(C)c1. The Bertz CT molecular complexity index is 476. The summed E-state index contributed by atoms with van der Waals surface area (Å²) >= 11 is 1.67. The largest absolute Gasteiger partial charge is 0.337 e. The van der Waals surface area contributed by atoms with Crippen LogP contribution in [-0.4, -0.2) is 28.6 Å². The summed E-state index contributed by atoms with van der Waals surface area (Å²) in [5, 5.41) is 0. The Labute approximate surface area is 126 Å². The number of nitrogens with zero attached hydrogens (tertiary/aromatic N) is 1. The van der Waals surface area contributed by atoms with Crippen LogP contribution < -0.4 is 0 Å². The molecule has 0 aromatic heterocycles. The van der Waals surface area contributed by atoms with E-state index < -0.39 is 0 Å². The quantitative estimate of drug-likeness (QED) is 0.778. The molecule has 1 fully saturated rings. The Kier molecular flexibility index (Phi) is 5.14. The summed E-state index contributed by atoms with van der Waals surface area (Å²) < 4.78 is 0. The zero-order valence-corrected chi connectivity index (χ0v) is 13.8. The molecule has 0 saturated carbocycles. The van der Waals surface area contributed by atoms with Crippen LogP contribution in [0.25, 0.3) is 0 Å². The van der Waals surface area contributed by atoms with Gasteiger partial charge in [-0.25, -0.2) is 0 Å². The van der Waals surface area contributed by atoms with E-state index in [4.69, 9.17) is 0 Å². The van der Waals surface area contributed by atoms with Gasteiger partial charge in [-0.2, -0.15) is 0 Å². The third-order valence-corrected chi connectivity index (χ3v) is 5.32. The van der Waals surface area contributed by atoms with E-state index in [0.29, 0.717) is 17.8 Å². The number of thioether (sulfide) groups is 1. The van der Waals surface area contributed by atoms with Crippen LogP contribution in [0.2, 0.25) is 0 Å². The molecule has 0 aliphatic carbocycles. The van der Waals surface area contributed by atoms with Gasteiger partial charge >= 0.3 is 0 Å². The Morgan fingerprint density at radius 3 is 2.50 bits per heavy atom. The second-order valence-electron chi connectivity index (χ2n) is 5.99. The van der Waals surface area contributed by atoms with E-state index in [0.717, 1.165) is 12.8 Å². The number of carbonyl (C=O) groups is 1. The van der Waals surface area contributed by atoms with Gasteiger partial charge in [-0.1, -0.05) is 17.7 Å². The van der Waals surface area contributed by atoms with Gasteiger partial charge < -0.3 is 4.90 Å². The van der Waals surface area contributed by atoms with E-state index in [2.05, 4.69) is 50.8 Å². The molecule has 2 atom stereocenters. The minimum atomic E-state index is 0.287. The summed E-state index contributed by atoms with van der Waals surface area (Å²) in [6.07, 6.45) is 3.53. The van der Waals surface area contributed by atoms with Gasteiger partial charge in [-0.15, -0.1) is 11.8 Å². The molecular formula is C17H25NOS. The van der Waals surface area contributed by atoms with E-state index in [1.165, 1.54) is 22.4 Å². The summed E-state index contributed by atoms with van der Waals surface area (Å²) in [7, 11) is 0. The number of hydrogen-bond donors (Lipinski definition) is 0. The molecule has 1 heterocycles. The van der Waals surface area contributed by atoms with Gasteiger partial charge in [0.25, 0.3) is 0 Å². The lowest BCUT2D eigenvalue weighted by Crippen LogP contribution is -2.48. The normalized spacial score (nSPS) is 22.9. The topological polar surface area (TPSA) is 20.3 Å². The van der Waals surface area contributed by atoms with Gasteiger partial charge in [-0.05, 0) is 58.6 Å². The zero-order chi connectivity index (χ0) is 14.7. The number of amides is 1. The van der Waals surface area contributed by atoms with E-state index in [1.54, 1.807) is 11.8 Å². The summed E-state index contributed by atoms with van der Waals surface area (Å²) in [6.45, 7) is 8.57. The van der Waals surface area contributed by atoms with Gasteiger partial charge in [0.1, 0.15) is 0 Å². The molecule has 2 nitrogen and oxygen atoms in total. The number of benzene rings is 1. The van der Waals surface area contributed by atoms with E-state index in [1.807, 2.05) is 0 Å². The average molecular weight is 291 g/mol. The van der Waals surface area contributed by atoms with Crippen molar-refractivity contribution in [2.75, 3.05) is 5.75 Å². The third-order valence-electron chi connectivity index (χ3n) is 4.16. The van der Waals surface area contributed by atoms with Crippen LogP contribution in [0.15, 0.2) is 23.1 Å². The number of rotatable bonds is 3. The fraction of sp³-hybridized carbons (Fsp3) is 0.588. The van der Waals surface area contributed by atoms with Crippen molar-refractivity contribution in [2.24, 2.45) is 0 Å². The monoisotopic (exact) mass is 291 g/mol. The fourth-order valence-electron chi connectivity index (χ4n) is 3.09. The summed E-state index contributed by atoms with van der Waals surface area (Å²) in [4.78, 5) is 15.8. The van der Waals surface area contributed by atoms with Crippen molar-refractivity contribution in [1.82, 2.24) is 4.90 Å². The minimum Gasteiger partial charge on any atom is -0.337 e. The van der Waals surface area contributed by atoms with Crippen molar-refractivity contribution < 1.29 is 4.79 Å². The second-order valence-corrected chi connectivity index (χ2v) is 7.00. The maximum absolute atomic E-state index is 12.5. The Morgan fingerprint density at radius 1 is 1.25 bits per heavy atom. The van der Waals surface area contributed by atoms with Crippen LogP contribution in [-0.2, 0) is 4.79 Å². The van der Waals surface area contributed by atoms with Crippen LogP contribution in [0.5, 0.6) is 0 Å². The Balaban J connectivity index is 1.97. The number of carbonyl (C=O) groups excluding carboxylic acids is 1. The van der Waals surface area contributed by atoms with Crippen molar-refractivity contribution in [3.63, 3.8) is 0 Å². The zero-order valence-electron chi connectivity index (χ0n) is 13.0. The molecule has 110 valence electrons. The maximum atomic E-state index is 12.5. The van der Waals surface area contributed by atoms with Gasteiger partial charge in [-0.3, -0.25) is 4.79 Å². The van der Waals surface area contributed by atoms with Gasteiger partial charge in [0.2, 0.25) is 5.91 Å². The highest BCUT2D eigenvalue weighted by Gasteiger charge is 2.28. The predicted octanol–water partition coefficient (Wildman–Crippen LogP) is 4.19. The molecule has 3 heteroatoms. The number of likely N-dealkylation sites (tertiary alicyclic amines) is 1. The lowest BCUT2D eigenvalue weighted by atomic mass is 9.98. The standard InChI is InChI=1S/C17H25NOS/c1-12-8-9-16(13(2)10-12)20-11-17(19)18-14(3)6-5-7-15(18)4/h8-10,14-15H,5-7,11H2,1-4H3. The first-order valence-electron chi connectivity index (χ1n) is 7.50. The van der Waals surface area contributed by atoms with Crippen LogP contribution in [0.3, 0.4) is 0 Å². The highest BCUT2D eigenvalue weighted by Crippen LogP contribution is 2.27. The van der Waals surface area contributed by atoms with E-state index in [9.17, 15) is 4.79 Å². The third kappa shape index (κ3) is 3.57. The Morgan fingerprint density at radius 2 is 1.90 bits per heavy atom. The summed E-state index contributed by atoms with van der Waals surface area (Å²) in [5.41, 5.74) is 2.54. The molecule has 2 unspecified atom stereocenters. The molecule has 1 saturated heterocycles. The van der Waals surface area contributed by atoms with Crippen molar-refractivity contribution in [1.29, 1.82) is 0 Å². The number of aryl methyl sites for hydroxylation is 2. The molecule has 0 bridgehead atoms. The number of piperidine rings is 1. The molecule has 2 rings (SSSR count). The lowest BCUT2D eigenvalue weighted by molar-refractivity contribution is -0.134. The van der Waals surface area contributed by atoms with Crippen LogP contribution in [0.4, 0.5) is 0 Å². The first kappa shape index (κ1) is 15.4. The maximum Gasteiger partial charge on any atom is 0.233 e. The molecular weight excluding hydrogens is 266 g/mol. The predicted molar refractivity (Wildman–Crippen MR) is 86.3 cm³/mol. The van der Waals surface area contributed by atoms with Crippen LogP contribution in [0, 0.1) is 13.8 Å². The van der Waals surface area contributed by atoms with E-state index >= 15 is 0 Å². The molecule has 1 aromatic rings. The highest BCUT2D eigenvalue weighted by molar-refractivity contribution is 8.00. The molecule has 1 aliphatic heterocycles. The Hall–Kier alpha value is -0.960. The van der Waals surface area contributed by atoms with Crippen molar-refractivity contribution >= 4 is 17.7 Å². The molecule has 1 aromatic carbocycles. The molecule has 0 radical (unpaired) electrons. The van der Waals surface area contributed by atoms with Crippen molar-refractivity contribution in [3.05, 3.63) is 29.3 Å².